The molecule has 3 heterocycles. The van der Waals surface area contributed by atoms with Gasteiger partial charge in [0, 0.05) is 30.7 Å². The Labute approximate surface area is 133 Å². The summed E-state index contributed by atoms with van der Waals surface area (Å²) in [7, 11) is 0. The molecule has 1 aliphatic rings. The van der Waals surface area contributed by atoms with Crippen LogP contribution in [0.15, 0.2) is 18.5 Å². The number of imidazole rings is 1. The van der Waals surface area contributed by atoms with Crippen molar-refractivity contribution in [2.24, 2.45) is 0 Å². The number of hydrogen-bond donors (Lipinski definition) is 0. The van der Waals surface area contributed by atoms with Crippen LogP contribution in [0.4, 0.5) is 0 Å². The Bertz CT molecular complexity index is 612. The van der Waals surface area contributed by atoms with Crippen molar-refractivity contribution < 1.29 is 0 Å². The highest BCUT2D eigenvalue weighted by Gasteiger charge is 2.24. The first-order valence-corrected chi connectivity index (χ1v) is 8.42. The predicted octanol–water partition coefficient (Wildman–Crippen LogP) is 2.77. The third-order valence-corrected chi connectivity index (χ3v) is 4.72. The molecule has 0 amide bonds. The fourth-order valence-corrected chi connectivity index (χ4v) is 3.50. The van der Waals surface area contributed by atoms with Crippen LogP contribution in [-0.2, 0) is 19.6 Å². The van der Waals surface area contributed by atoms with Crippen LogP contribution >= 0.6 is 0 Å². The van der Waals surface area contributed by atoms with Crippen molar-refractivity contribution in [1.82, 2.24) is 24.2 Å². The van der Waals surface area contributed by atoms with Gasteiger partial charge in [-0.05, 0) is 46.2 Å². The normalized spacial score (nSPS) is 19.7. The number of aryl methyl sites for hydroxylation is 3. The van der Waals surface area contributed by atoms with Crippen LogP contribution in [0.1, 0.15) is 43.4 Å². The maximum Gasteiger partial charge on any atom is 0.122 e. The fraction of sp³-hybridized carbons (Fsp3) is 0.647. The summed E-state index contributed by atoms with van der Waals surface area (Å²) < 4.78 is 4.42. The van der Waals surface area contributed by atoms with Crippen LogP contribution < -0.4 is 0 Å². The van der Waals surface area contributed by atoms with Crippen LogP contribution in [0.25, 0.3) is 0 Å². The van der Waals surface area contributed by atoms with E-state index in [-0.39, 0.29) is 0 Å². The van der Waals surface area contributed by atoms with Crippen LogP contribution in [0.2, 0.25) is 0 Å². The maximum absolute atomic E-state index is 4.64. The van der Waals surface area contributed by atoms with Gasteiger partial charge in [-0.1, -0.05) is 6.42 Å². The molecule has 1 saturated heterocycles. The van der Waals surface area contributed by atoms with E-state index in [2.05, 4.69) is 57.3 Å². The summed E-state index contributed by atoms with van der Waals surface area (Å²) >= 11 is 0. The van der Waals surface area contributed by atoms with Gasteiger partial charge in [0.25, 0.3) is 0 Å². The molecule has 3 rings (SSSR count). The standard InChI is InChI=1S/C17H27N5/c1-4-20-10-8-18-17(20)13-21-9-6-5-7-16(21)12-22-15(3)11-14(2)19-22/h8,10-11,16H,4-7,9,12-13H2,1-3H3/t16-/m1/s1. The van der Waals surface area contributed by atoms with Crippen molar-refractivity contribution in [3.63, 3.8) is 0 Å². The van der Waals surface area contributed by atoms with E-state index in [0.29, 0.717) is 6.04 Å². The van der Waals surface area contributed by atoms with Gasteiger partial charge in [-0.2, -0.15) is 5.10 Å². The maximum atomic E-state index is 4.64. The first-order chi connectivity index (χ1) is 10.7. The Hall–Kier alpha value is -1.62. The lowest BCUT2D eigenvalue weighted by molar-refractivity contribution is 0.117. The Morgan fingerprint density at radius 2 is 2.14 bits per heavy atom. The van der Waals surface area contributed by atoms with Gasteiger partial charge in [0.2, 0.25) is 0 Å². The fourth-order valence-electron chi connectivity index (χ4n) is 3.50. The van der Waals surface area contributed by atoms with Gasteiger partial charge in [0.15, 0.2) is 0 Å². The summed E-state index contributed by atoms with van der Waals surface area (Å²) in [4.78, 5) is 7.13. The van der Waals surface area contributed by atoms with E-state index in [1.54, 1.807) is 0 Å². The minimum atomic E-state index is 0.564. The van der Waals surface area contributed by atoms with E-state index in [1.807, 2.05) is 6.20 Å². The molecule has 0 radical (unpaired) electrons. The highest BCUT2D eigenvalue weighted by Crippen LogP contribution is 2.21. The van der Waals surface area contributed by atoms with Crippen molar-refractivity contribution in [3.8, 4) is 0 Å². The zero-order valence-electron chi connectivity index (χ0n) is 14.0. The summed E-state index contributed by atoms with van der Waals surface area (Å²) in [6.45, 7) is 10.5. The lowest BCUT2D eigenvalue weighted by Crippen LogP contribution is -2.42. The number of likely N-dealkylation sites (tertiary alicyclic amines) is 1. The highest BCUT2D eigenvalue weighted by molar-refractivity contribution is 5.07. The Balaban J connectivity index is 1.72. The lowest BCUT2D eigenvalue weighted by atomic mass is 10.0. The van der Waals surface area contributed by atoms with E-state index in [0.717, 1.165) is 25.3 Å². The molecule has 5 heteroatoms. The van der Waals surface area contributed by atoms with Crippen molar-refractivity contribution in [3.05, 3.63) is 35.7 Å². The third kappa shape index (κ3) is 3.24. The summed E-state index contributed by atoms with van der Waals surface area (Å²) in [5.41, 5.74) is 2.37. The van der Waals surface area contributed by atoms with E-state index in [9.17, 15) is 0 Å². The number of nitrogens with zero attached hydrogens (tertiary/aromatic N) is 5. The molecular weight excluding hydrogens is 274 g/mol. The molecule has 22 heavy (non-hydrogen) atoms. The predicted molar refractivity (Wildman–Crippen MR) is 87.7 cm³/mol. The van der Waals surface area contributed by atoms with Gasteiger partial charge >= 0.3 is 0 Å². The summed E-state index contributed by atoms with van der Waals surface area (Å²) in [6.07, 6.45) is 7.86. The van der Waals surface area contributed by atoms with Crippen molar-refractivity contribution in [2.75, 3.05) is 6.54 Å². The molecule has 1 fully saturated rings. The summed E-state index contributed by atoms with van der Waals surface area (Å²) in [6, 6.07) is 2.73. The SMILES string of the molecule is CCn1ccnc1CN1CCCC[C@@H]1Cn1nc(C)cc1C. The molecule has 0 unspecified atom stereocenters. The van der Waals surface area contributed by atoms with E-state index in [1.165, 1.54) is 37.3 Å². The van der Waals surface area contributed by atoms with Gasteiger partial charge in [0.05, 0.1) is 18.8 Å². The lowest BCUT2D eigenvalue weighted by Gasteiger charge is -2.35. The average Bonchev–Trinajstić information content (AvgIpc) is 3.07. The van der Waals surface area contributed by atoms with Gasteiger partial charge < -0.3 is 4.57 Å². The molecular formula is C17H27N5. The summed E-state index contributed by atoms with van der Waals surface area (Å²) in [5, 5.41) is 4.64. The molecule has 0 bridgehead atoms. The van der Waals surface area contributed by atoms with Crippen molar-refractivity contribution in [1.29, 1.82) is 0 Å². The van der Waals surface area contributed by atoms with Gasteiger partial charge in [-0.25, -0.2) is 4.98 Å². The Morgan fingerprint density at radius 3 is 2.86 bits per heavy atom. The second-order valence-corrected chi connectivity index (χ2v) is 6.36. The quantitative estimate of drug-likeness (QED) is 0.852. The van der Waals surface area contributed by atoms with Gasteiger partial charge in [0.1, 0.15) is 5.82 Å². The molecule has 0 aromatic carbocycles. The molecule has 0 N–H and O–H groups in total. The molecule has 2 aromatic rings. The minimum absolute atomic E-state index is 0.564. The Kier molecular flexibility index (Phi) is 4.62. The molecule has 2 aromatic heterocycles. The topological polar surface area (TPSA) is 38.9 Å². The molecule has 120 valence electrons. The number of piperidine rings is 1. The molecule has 0 saturated carbocycles. The van der Waals surface area contributed by atoms with Crippen molar-refractivity contribution >= 4 is 0 Å². The molecule has 1 atom stereocenters. The Morgan fingerprint density at radius 1 is 1.27 bits per heavy atom. The number of rotatable bonds is 5. The van der Waals surface area contributed by atoms with Gasteiger partial charge in [-0.15, -0.1) is 0 Å². The summed E-state index contributed by atoms with van der Waals surface area (Å²) in [5.74, 6) is 1.18. The van der Waals surface area contributed by atoms with Crippen LogP contribution in [0, 0.1) is 13.8 Å². The van der Waals surface area contributed by atoms with Crippen LogP contribution in [-0.4, -0.2) is 36.8 Å². The smallest absolute Gasteiger partial charge is 0.122 e. The van der Waals surface area contributed by atoms with Crippen molar-refractivity contribution in [2.45, 2.75) is 65.7 Å². The minimum Gasteiger partial charge on any atom is -0.334 e. The number of aromatic nitrogens is 4. The number of hydrogen-bond acceptors (Lipinski definition) is 3. The second-order valence-electron chi connectivity index (χ2n) is 6.36. The molecule has 5 nitrogen and oxygen atoms in total. The van der Waals surface area contributed by atoms with Crippen LogP contribution in [0.3, 0.4) is 0 Å². The third-order valence-electron chi connectivity index (χ3n) is 4.72. The highest BCUT2D eigenvalue weighted by atomic mass is 15.3. The first kappa shape index (κ1) is 15.3. The zero-order chi connectivity index (χ0) is 15.5. The molecule has 1 aliphatic heterocycles. The van der Waals surface area contributed by atoms with Crippen LogP contribution in [0.5, 0.6) is 0 Å². The average molecular weight is 301 g/mol. The molecule has 0 aliphatic carbocycles. The monoisotopic (exact) mass is 301 g/mol. The first-order valence-electron chi connectivity index (χ1n) is 8.42. The van der Waals surface area contributed by atoms with Gasteiger partial charge in [-0.3, -0.25) is 9.58 Å². The second kappa shape index (κ2) is 6.65. The largest absolute Gasteiger partial charge is 0.334 e. The van der Waals surface area contributed by atoms with E-state index < -0.39 is 0 Å². The molecule has 0 spiro atoms. The van der Waals surface area contributed by atoms with E-state index >= 15 is 0 Å². The zero-order valence-corrected chi connectivity index (χ0v) is 14.0. The van der Waals surface area contributed by atoms with E-state index in [4.69, 9.17) is 0 Å².